The van der Waals surface area contributed by atoms with Crippen molar-refractivity contribution in [3.8, 4) is 0 Å². The van der Waals surface area contributed by atoms with Crippen LogP contribution >= 0.6 is 0 Å². The third-order valence-electron chi connectivity index (χ3n) is 3.70. The van der Waals surface area contributed by atoms with Crippen LogP contribution in [0.15, 0.2) is 33.5 Å². The Morgan fingerprint density at radius 3 is 2.64 bits per heavy atom. The van der Waals surface area contributed by atoms with Crippen LogP contribution in [0.2, 0.25) is 0 Å². The maximum atomic E-state index is 12.5. The lowest BCUT2D eigenvalue weighted by Crippen LogP contribution is -2.24. The molecule has 1 amide bonds. The van der Waals surface area contributed by atoms with Crippen LogP contribution in [0.5, 0.6) is 0 Å². The average Bonchev–Trinajstić information content (AvgIpc) is 2.43. The molecule has 0 saturated heterocycles. The predicted octanol–water partition coefficient (Wildman–Crippen LogP) is 3.77. The molecular weight excluding hydrogens is 278 g/mol. The molecule has 1 N–H and O–H groups in total. The molecule has 0 spiro atoms. The number of hydrogen-bond donors (Lipinski definition) is 1. The van der Waals surface area contributed by atoms with E-state index in [1.807, 2.05) is 39.0 Å². The summed E-state index contributed by atoms with van der Waals surface area (Å²) in [7, 11) is 0. The first-order chi connectivity index (χ1) is 10.4. The fourth-order valence-corrected chi connectivity index (χ4v) is 2.38. The van der Waals surface area contributed by atoms with Crippen molar-refractivity contribution < 1.29 is 9.21 Å². The minimum atomic E-state index is -0.411. The Kier molecular flexibility index (Phi) is 4.81. The van der Waals surface area contributed by atoms with E-state index in [1.54, 1.807) is 6.92 Å². The molecule has 22 heavy (non-hydrogen) atoms. The first-order valence-corrected chi connectivity index (χ1v) is 7.45. The van der Waals surface area contributed by atoms with Gasteiger partial charge in [-0.3, -0.25) is 9.59 Å². The molecule has 4 heteroatoms. The van der Waals surface area contributed by atoms with Crippen LogP contribution in [0.1, 0.15) is 46.3 Å². The molecule has 2 aromatic rings. The molecule has 116 valence electrons. The summed E-state index contributed by atoms with van der Waals surface area (Å²) in [5.41, 5.74) is 2.60. The van der Waals surface area contributed by atoms with Gasteiger partial charge in [0.1, 0.15) is 17.1 Å². The SMILES string of the molecule is CCCc1oc(C)cc(=O)c1C(=O)Nc1cccc(C)c1C. The van der Waals surface area contributed by atoms with Crippen molar-refractivity contribution in [1.82, 2.24) is 0 Å². The van der Waals surface area contributed by atoms with Crippen LogP contribution in [0.4, 0.5) is 5.69 Å². The van der Waals surface area contributed by atoms with Crippen molar-refractivity contribution in [2.75, 3.05) is 5.32 Å². The van der Waals surface area contributed by atoms with Crippen molar-refractivity contribution >= 4 is 11.6 Å². The van der Waals surface area contributed by atoms with Gasteiger partial charge in [-0.2, -0.15) is 0 Å². The first kappa shape index (κ1) is 16.0. The van der Waals surface area contributed by atoms with Crippen molar-refractivity contribution in [3.63, 3.8) is 0 Å². The van der Waals surface area contributed by atoms with E-state index in [-0.39, 0.29) is 11.0 Å². The number of aryl methyl sites for hydroxylation is 3. The van der Waals surface area contributed by atoms with Gasteiger partial charge in [0.25, 0.3) is 5.91 Å². The fraction of sp³-hybridized carbons (Fsp3) is 0.333. The predicted molar refractivity (Wildman–Crippen MR) is 87.6 cm³/mol. The Morgan fingerprint density at radius 1 is 1.23 bits per heavy atom. The summed E-state index contributed by atoms with van der Waals surface area (Å²) in [6.07, 6.45) is 1.36. The van der Waals surface area contributed by atoms with Crippen LogP contribution in [0.25, 0.3) is 0 Å². The van der Waals surface area contributed by atoms with Gasteiger partial charge >= 0.3 is 0 Å². The van der Waals surface area contributed by atoms with Gasteiger partial charge in [0.2, 0.25) is 0 Å². The van der Waals surface area contributed by atoms with E-state index < -0.39 is 5.91 Å². The van der Waals surface area contributed by atoms with E-state index in [2.05, 4.69) is 5.32 Å². The topological polar surface area (TPSA) is 59.3 Å². The second-order valence-corrected chi connectivity index (χ2v) is 5.47. The number of amides is 1. The van der Waals surface area contributed by atoms with Crippen molar-refractivity contribution in [1.29, 1.82) is 0 Å². The summed E-state index contributed by atoms with van der Waals surface area (Å²) in [6, 6.07) is 7.04. The average molecular weight is 299 g/mol. The Hall–Kier alpha value is -2.36. The Bertz CT molecular complexity index is 759. The van der Waals surface area contributed by atoms with Crippen LogP contribution in [-0.2, 0) is 6.42 Å². The lowest BCUT2D eigenvalue weighted by Gasteiger charge is -2.12. The molecule has 0 aliphatic rings. The third kappa shape index (κ3) is 3.27. The normalized spacial score (nSPS) is 10.5. The number of carbonyl (C=O) groups is 1. The highest BCUT2D eigenvalue weighted by molar-refractivity contribution is 6.05. The molecule has 1 aromatic carbocycles. The molecule has 2 rings (SSSR count). The molecule has 1 heterocycles. The smallest absolute Gasteiger partial charge is 0.263 e. The van der Waals surface area contributed by atoms with E-state index in [0.29, 0.717) is 23.6 Å². The molecule has 0 atom stereocenters. The van der Waals surface area contributed by atoms with E-state index >= 15 is 0 Å². The zero-order valence-electron chi connectivity index (χ0n) is 13.4. The molecule has 0 radical (unpaired) electrons. The number of benzene rings is 1. The number of anilines is 1. The highest BCUT2D eigenvalue weighted by Crippen LogP contribution is 2.19. The van der Waals surface area contributed by atoms with Crippen molar-refractivity contribution in [2.24, 2.45) is 0 Å². The summed E-state index contributed by atoms with van der Waals surface area (Å²) in [4.78, 5) is 24.7. The van der Waals surface area contributed by atoms with Gasteiger partial charge in [0.15, 0.2) is 5.43 Å². The lowest BCUT2D eigenvalue weighted by molar-refractivity contribution is 0.102. The molecule has 4 nitrogen and oxygen atoms in total. The van der Waals surface area contributed by atoms with Gasteiger partial charge in [-0.05, 0) is 44.4 Å². The van der Waals surface area contributed by atoms with Gasteiger partial charge in [0, 0.05) is 18.2 Å². The summed E-state index contributed by atoms with van der Waals surface area (Å²) in [6.45, 7) is 7.62. The molecule has 0 fully saturated rings. The van der Waals surface area contributed by atoms with Crippen molar-refractivity contribution in [2.45, 2.75) is 40.5 Å². The maximum absolute atomic E-state index is 12.5. The van der Waals surface area contributed by atoms with E-state index in [4.69, 9.17) is 4.42 Å². The molecule has 0 aliphatic carbocycles. The molecule has 1 aromatic heterocycles. The Morgan fingerprint density at radius 2 is 1.95 bits per heavy atom. The van der Waals surface area contributed by atoms with E-state index in [0.717, 1.165) is 17.5 Å². The van der Waals surface area contributed by atoms with Gasteiger partial charge < -0.3 is 9.73 Å². The first-order valence-electron chi connectivity index (χ1n) is 7.45. The zero-order valence-corrected chi connectivity index (χ0v) is 13.4. The van der Waals surface area contributed by atoms with Crippen LogP contribution in [-0.4, -0.2) is 5.91 Å². The van der Waals surface area contributed by atoms with Crippen LogP contribution < -0.4 is 10.7 Å². The molecule has 0 aliphatic heterocycles. The molecule has 0 unspecified atom stereocenters. The van der Waals surface area contributed by atoms with Crippen LogP contribution in [0.3, 0.4) is 0 Å². The highest BCUT2D eigenvalue weighted by atomic mass is 16.3. The maximum Gasteiger partial charge on any atom is 0.263 e. The Balaban J connectivity index is 2.41. The number of hydrogen-bond acceptors (Lipinski definition) is 3. The summed E-state index contributed by atoms with van der Waals surface area (Å²) >= 11 is 0. The molecule has 0 saturated carbocycles. The number of rotatable bonds is 4. The highest BCUT2D eigenvalue weighted by Gasteiger charge is 2.19. The zero-order chi connectivity index (χ0) is 16.3. The minimum absolute atomic E-state index is 0.105. The number of nitrogens with one attached hydrogen (secondary N) is 1. The lowest BCUT2D eigenvalue weighted by atomic mass is 10.1. The quantitative estimate of drug-likeness (QED) is 0.935. The molecule has 0 bridgehead atoms. The standard InChI is InChI=1S/C18H21NO3/c1-5-7-16-17(15(20)10-12(3)22-16)18(21)19-14-9-6-8-11(2)13(14)4/h6,8-10H,5,7H2,1-4H3,(H,19,21). The van der Waals surface area contributed by atoms with Gasteiger partial charge in [0.05, 0.1) is 0 Å². The van der Waals surface area contributed by atoms with E-state index in [9.17, 15) is 9.59 Å². The van der Waals surface area contributed by atoms with Crippen LogP contribution in [0, 0.1) is 20.8 Å². The monoisotopic (exact) mass is 299 g/mol. The summed E-state index contributed by atoms with van der Waals surface area (Å²) < 4.78 is 5.58. The summed E-state index contributed by atoms with van der Waals surface area (Å²) in [5.74, 6) is 0.568. The minimum Gasteiger partial charge on any atom is -0.465 e. The summed E-state index contributed by atoms with van der Waals surface area (Å²) in [5, 5.41) is 2.83. The second kappa shape index (κ2) is 6.60. The Labute approximate surface area is 130 Å². The van der Waals surface area contributed by atoms with Gasteiger partial charge in [-0.1, -0.05) is 19.1 Å². The third-order valence-corrected chi connectivity index (χ3v) is 3.70. The van der Waals surface area contributed by atoms with E-state index in [1.165, 1.54) is 6.07 Å². The van der Waals surface area contributed by atoms with Crippen molar-refractivity contribution in [3.05, 3.63) is 62.7 Å². The molecular formula is C18H21NO3. The second-order valence-electron chi connectivity index (χ2n) is 5.47. The number of carbonyl (C=O) groups excluding carboxylic acids is 1. The largest absolute Gasteiger partial charge is 0.465 e. The van der Waals surface area contributed by atoms with Gasteiger partial charge in [-0.25, -0.2) is 0 Å². The fourth-order valence-electron chi connectivity index (χ4n) is 2.38. The van der Waals surface area contributed by atoms with Gasteiger partial charge in [-0.15, -0.1) is 0 Å².